The Morgan fingerprint density at radius 3 is 2.79 bits per heavy atom. The summed E-state index contributed by atoms with van der Waals surface area (Å²) in [5, 5.41) is 9.27. The molecule has 0 aliphatic heterocycles. The van der Waals surface area contributed by atoms with Crippen molar-refractivity contribution < 1.29 is 9.84 Å². The van der Waals surface area contributed by atoms with E-state index in [0.29, 0.717) is 28.9 Å². The highest BCUT2D eigenvalue weighted by molar-refractivity contribution is 5.39. The molecular formula is C14H15N3O2. The van der Waals surface area contributed by atoms with Crippen LogP contribution in [0.5, 0.6) is 11.6 Å². The fourth-order valence-corrected chi connectivity index (χ4v) is 1.88. The first-order valence-electron chi connectivity index (χ1n) is 6.27. The minimum absolute atomic E-state index is 0.0772. The van der Waals surface area contributed by atoms with Crippen molar-refractivity contribution in [1.29, 1.82) is 0 Å². The predicted molar refractivity (Wildman–Crippen MR) is 70.9 cm³/mol. The van der Waals surface area contributed by atoms with E-state index >= 15 is 0 Å². The number of para-hydroxylation sites is 1. The Morgan fingerprint density at radius 1 is 1.26 bits per heavy atom. The molecule has 5 nitrogen and oxygen atoms in total. The van der Waals surface area contributed by atoms with Crippen molar-refractivity contribution in [3.05, 3.63) is 41.7 Å². The maximum absolute atomic E-state index is 9.27. The van der Waals surface area contributed by atoms with Crippen molar-refractivity contribution in [1.82, 2.24) is 9.97 Å². The van der Waals surface area contributed by atoms with Crippen LogP contribution in [0.25, 0.3) is 0 Å². The van der Waals surface area contributed by atoms with Gasteiger partial charge in [0.1, 0.15) is 17.4 Å². The van der Waals surface area contributed by atoms with Gasteiger partial charge in [0.05, 0.1) is 6.61 Å². The van der Waals surface area contributed by atoms with Crippen molar-refractivity contribution >= 4 is 5.82 Å². The number of hydrogen-bond donors (Lipinski definition) is 2. The molecule has 0 unspecified atom stereocenters. The first-order chi connectivity index (χ1) is 9.26. The van der Waals surface area contributed by atoms with Crippen LogP contribution in [0.3, 0.4) is 0 Å². The van der Waals surface area contributed by atoms with Gasteiger partial charge in [0, 0.05) is 17.5 Å². The molecule has 0 atom stereocenters. The first-order valence-corrected chi connectivity index (χ1v) is 6.27. The van der Waals surface area contributed by atoms with Gasteiger partial charge in [-0.25, -0.2) is 4.98 Å². The molecule has 3 N–H and O–H groups in total. The molecule has 1 aliphatic carbocycles. The lowest BCUT2D eigenvalue weighted by Crippen LogP contribution is -2.01. The third-order valence-electron chi connectivity index (χ3n) is 3.04. The number of rotatable bonds is 4. The number of aliphatic hydroxyl groups is 1. The van der Waals surface area contributed by atoms with Gasteiger partial charge >= 0.3 is 0 Å². The Hall–Kier alpha value is -2.14. The molecule has 98 valence electrons. The van der Waals surface area contributed by atoms with Crippen LogP contribution < -0.4 is 10.5 Å². The zero-order chi connectivity index (χ0) is 13.2. The second-order valence-corrected chi connectivity index (χ2v) is 4.63. The lowest BCUT2D eigenvalue weighted by atomic mass is 10.2. The number of nitrogens with two attached hydrogens (primary N) is 1. The highest BCUT2D eigenvalue weighted by Gasteiger charge is 2.27. The average molecular weight is 257 g/mol. The molecule has 1 heterocycles. The number of anilines is 1. The molecule has 3 rings (SSSR count). The summed E-state index contributed by atoms with van der Waals surface area (Å²) in [4.78, 5) is 8.59. The van der Waals surface area contributed by atoms with Gasteiger partial charge in [0.15, 0.2) is 0 Å². The van der Waals surface area contributed by atoms with E-state index in [-0.39, 0.29) is 6.61 Å². The fraction of sp³-hybridized carbons (Fsp3) is 0.286. The monoisotopic (exact) mass is 257 g/mol. The molecule has 0 radical (unpaired) electrons. The number of nitrogens with zero attached hydrogens (tertiary/aromatic N) is 2. The van der Waals surface area contributed by atoms with E-state index in [0.717, 1.165) is 18.7 Å². The third kappa shape index (κ3) is 2.66. The second-order valence-electron chi connectivity index (χ2n) is 4.63. The molecule has 1 aliphatic rings. The highest BCUT2D eigenvalue weighted by Crippen LogP contribution is 2.39. The van der Waals surface area contributed by atoms with Gasteiger partial charge in [0.2, 0.25) is 5.88 Å². The number of aliphatic hydroxyl groups excluding tert-OH is 1. The highest BCUT2D eigenvalue weighted by atomic mass is 16.5. The Bertz CT molecular complexity index is 597. The summed E-state index contributed by atoms with van der Waals surface area (Å²) in [6, 6.07) is 8.89. The van der Waals surface area contributed by atoms with Crippen LogP contribution in [-0.2, 0) is 6.61 Å². The summed E-state index contributed by atoms with van der Waals surface area (Å²) in [6.07, 6.45) is 2.21. The molecule has 1 fully saturated rings. The van der Waals surface area contributed by atoms with Gasteiger partial charge in [-0.1, -0.05) is 18.2 Å². The van der Waals surface area contributed by atoms with Crippen LogP contribution in [0.1, 0.15) is 30.1 Å². The van der Waals surface area contributed by atoms with E-state index in [1.165, 1.54) is 0 Å². The molecule has 0 bridgehead atoms. The third-order valence-corrected chi connectivity index (χ3v) is 3.04. The maximum atomic E-state index is 9.27. The van der Waals surface area contributed by atoms with Gasteiger partial charge in [-0.3, -0.25) is 0 Å². The van der Waals surface area contributed by atoms with Crippen molar-refractivity contribution in [2.24, 2.45) is 0 Å². The van der Waals surface area contributed by atoms with Crippen molar-refractivity contribution in [3.63, 3.8) is 0 Å². The van der Waals surface area contributed by atoms with Gasteiger partial charge in [0.25, 0.3) is 0 Å². The topological polar surface area (TPSA) is 81.3 Å². The van der Waals surface area contributed by atoms with Gasteiger partial charge in [-0.2, -0.15) is 4.98 Å². The smallest absolute Gasteiger partial charge is 0.224 e. The Morgan fingerprint density at radius 2 is 2.05 bits per heavy atom. The molecule has 0 spiro atoms. The van der Waals surface area contributed by atoms with Gasteiger partial charge in [-0.15, -0.1) is 0 Å². The summed E-state index contributed by atoms with van der Waals surface area (Å²) in [7, 11) is 0. The largest absolute Gasteiger partial charge is 0.438 e. The Kier molecular flexibility index (Phi) is 3.05. The normalized spacial score (nSPS) is 14.4. The van der Waals surface area contributed by atoms with Crippen LogP contribution >= 0.6 is 0 Å². The molecule has 5 heteroatoms. The number of aromatic nitrogens is 2. The molecule has 1 saturated carbocycles. The fourth-order valence-electron chi connectivity index (χ4n) is 1.88. The van der Waals surface area contributed by atoms with E-state index in [2.05, 4.69) is 9.97 Å². The lowest BCUT2D eigenvalue weighted by molar-refractivity contribution is 0.276. The SMILES string of the molecule is Nc1cc(Oc2ccccc2CO)nc(C2CC2)n1. The second kappa shape index (κ2) is 4.85. The zero-order valence-electron chi connectivity index (χ0n) is 10.4. The van der Waals surface area contributed by atoms with Crippen molar-refractivity contribution in [3.8, 4) is 11.6 Å². The van der Waals surface area contributed by atoms with Crippen LogP contribution in [0.4, 0.5) is 5.82 Å². The molecule has 1 aromatic carbocycles. The number of benzene rings is 1. The zero-order valence-corrected chi connectivity index (χ0v) is 10.4. The van der Waals surface area contributed by atoms with E-state index in [1.807, 2.05) is 18.2 Å². The minimum Gasteiger partial charge on any atom is -0.438 e. The van der Waals surface area contributed by atoms with Crippen LogP contribution in [0, 0.1) is 0 Å². The summed E-state index contributed by atoms with van der Waals surface area (Å²) in [5.41, 5.74) is 6.48. The molecule has 0 saturated heterocycles. The molecule has 19 heavy (non-hydrogen) atoms. The predicted octanol–water partition coefficient (Wildman–Crippen LogP) is 2.22. The van der Waals surface area contributed by atoms with Crippen LogP contribution in [-0.4, -0.2) is 15.1 Å². The van der Waals surface area contributed by atoms with Crippen molar-refractivity contribution in [2.75, 3.05) is 5.73 Å². The molecule has 1 aromatic heterocycles. The van der Waals surface area contributed by atoms with E-state index in [4.69, 9.17) is 10.5 Å². The maximum Gasteiger partial charge on any atom is 0.224 e. The van der Waals surface area contributed by atoms with Gasteiger partial charge < -0.3 is 15.6 Å². The van der Waals surface area contributed by atoms with E-state index in [9.17, 15) is 5.11 Å². The lowest BCUT2D eigenvalue weighted by Gasteiger charge is -2.10. The van der Waals surface area contributed by atoms with Gasteiger partial charge in [-0.05, 0) is 18.9 Å². The van der Waals surface area contributed by atoms with E-state index in [1.54, 1.807) is 12.1 Å². The number of ether oxygens (including phenoxy) is 1. The number of nitrogen functional groups attached to an aromatic ring is 1. The summed E-state index contributed by atoms with van der Waals surface area (Å²) in [5.74, 6) is 2.59. The standard InChI is InChI=1S/C14H15N3O2/c15-12-7-13(17-14(16-12)9-5-6-9)19-11-4-2-1-3-10(11)8-18/h1-4,7,9,18H,5-6,8H2,(H2,15,16,17). The molecule has 2 aromatic rings. The Balaban J connectivity index is 1.90. The Labute approximate surface area is 111 Å². The quantitative estimate of drug-likeness (QED) is 0.877. The number of hydrogen-bond acceptors (Lipinski definition) is 5. The minimum atomic E-state index is -0.0772. The van der Waals surface area contributed by atoms with E-state index < -0.39 is 0 Å². The summed E-state index contributed by atoms with van der Waals surface area (Å²) in [6.45, 7) is -0.0772. The summed E-state index contributed by atoms with van der Waals surface area (Å²) >= 11 is 0. The molecular weight excluding hydrogens is 242 g/mol. The van der Waals surface area contributed by atoms with Crippen molar-refractivity contribution in [2.45, 2.75) is 25.4 Å². The van der Waals surface area contributed by atoms with Crippen LogP contribution in [0.15, 0.2) is 30.3 Å². The molecule has 0 amide bonds. The first kappa shape index (κ1) is 11.9. The summed E-state index contributed by atoms with van der Waals surface area (Å²) < 4.78 is 5.71. The average Bonchev–Trinajstić information content (AvgIpc) is 3.23. The van der Waals surface area contributed by atoms with Crippen LogP contribution in [0.2, 0.25) is 0 Å².